The van der Waals surface area contributed by atoms with Crippen molar-refractivity contribution in [2.24, 2.45) is 0 Å². The van der Waals surface area contributed by atoms with E-state index >= 15 is 0 Å². The van der Waals surface area contributed by atoms with Gasteiger partial charge < -0.3 is 10.1 Å². The highest BCUT2D eigenvalue weighted by Gasteiger charge is 2.35. The number of nitrogens with zero attached hydrogens (tertiary/aromatic N) is 1. The molecule has 1 N–H and O–H groups in total. The van der Waals surface area contributed by atoms with Gasteiger partial charge in [0.05, 0.1) is 0 Å². The summed E-state index contributed by atoms with van der Waals surface area (Å²) >= 11 is 0. The Hall–Kier alpha value is -2.89. The number of ether oxygens (including phenoxy) is 1. The number of hydrogen-bond donors (Lipinski definition) is 1. The van der Waals surface area contributed by atoms with Gasteiger partial charge in [-0.05, 0) is 31.9 Å². The van der Waals surface area contributed by atoms with Crippen LogP contribution in [0.15, 0.2) is 60.7 Å². The summed E-state index contributed by atoms with van der Waals surface area (Å²) in [6.45, 7) is 5.25. The van der Waals surface area contributed by atoms with Crippen molar-refractivity contribution >= 4 is 6.09 Å². The Balaban J connectivity index is 2.30. The molecule has 0 heterocycles. The molecule has 1 amide bonds. The lowest BCUT2D eigenvalue weighted by Gasteiger charge is -2.25. The summed E-state index contributed by atoms with van der Waals surface area (Å²) in [7, 11) is 0. The lowest BCUT2D eigenvalue weighted by Crippen LogP contribution is -2.43. The van der Waals surface area contributed by atoms with Crippen molar-refractivity contribution in [2.75, 3.05) is 0 Å². The number of carbonyl (C=O) groups is 1. The zero-order valence-corrected chi connectivity index (χ0v) is 15.2. The van der Waals surface area contributed by atoms with Crippen LogP contribution in [0.2, 0.25) is 0 Å². The lowest BCUT2D eigenvalue weighted by atomic mass is 9.94. The Labute approximate surface area is 153 Å². The van der Waals surface area contributed by atoms with Gasteiger partial charge >= 0.3 is 6.09 Å². The molecule has 138 valence electrons. The van der Waals surface area contributed by atoms with Crippen molar-refractivity contribution in [1.82, 2.24) is 5.32 Å². The first kappa shape index (κ1) is 19.4. The second-order valence-electron chi connectivity index (χ2n) is 7.08. The molecule has 0 bridgehead atoms. The molecule has 2 atom stereocenters. The number of carbonyl (C=O) groups excluding carboxylic acids is 1. The predicted molar refractivity (Wildman–Crippen MR) is 99.5 cm³/mol. The maximum absolute atomic E-state index is 12.3. The van der Waals surface area contributed by atoms with Crippen LogP contribution < -0.4 is 5.32 Å². The third-order valence-electron chi connectivity index (χ3n) is 3.77. The van der Waals surface area contributed by atoms with E-state index in [0.29, 0.717) is 5.56 Å². The average molecular weight is 356 g/mol. The molecule has 0 fully saturated rings. The smallest absolute Gasteiger partial charge is 0.408 e. The fourth-order valence-corrected chi connectivity index (χ4v) is 2.67. The maximum Gasteiger partial charge on any atom is 0.408 e. The van der Waals surface area contributed by atoms with Crippen molar-refractivity contribution in [3.05, 3.63) is 81.9 Å². The average Bonchev–Trinajstić information content (AvgIpc) is 2.58. The van der Waals surface area contributed by atoms with Gasteiger partial charge in [0.15, 0.2) is 0 Å². The largest absolute Gasteiger partial charge is 0.444 e. The van der Waals surface area contributed by atoms with Gasteiger partial charge in [0.1, 0.15) is 11.6 Å². The number of nitro groups is 1. The lowest BCUT2D eigenvalue weighted by molar-refractivity contribution is -0.527. The minimum atomic E-state index is -1.02. The Bertz CT molecular complexity index is 726. The van der Waals surface area contributed by atoms with Crippen LogP contribution in [0.5, 0.6) is 0 Å². The normalized spacial score (nSPS) is 13.5. The number of nitrogens with one attached hydrogen (secondary N) is 1. The van der Waals surface area contributed by atoms with E-state index in [1.165, 1.54) is 0 Å². The molecule has 0 saturated carbocycles. The SMILES string of the molecule is CC(C)(C)OC(=O)NC(c1ccccc1)C(Cc1ccccc1)[N+](=O)[O-]. The number of hydrogen-bond acceptors (Lipinski definition) is 4. The van der Waals surface area contributed by atoms with Crippen molar-refractivity contribution in [3.63, 3.8) is 0 Å². The van der Waals surface area contributed by atoms with Crippen molar-refractivity contribution in [3.8, 4) is 0 Å². The van der Waals surface area contributed by atoms with Crippen molar-refractivity contribution < 1.29 is 14.5 Å². The second-order valence-corrected chi connectivity index (χ2v) is 7.08. The molecule has 2 aromatic carbocycles. The van der Waals surface area contributed by atoms with E-state index in [2.05, 4.69) is 5.32 Å². The standard InChI is InChI=1S/C20H24N2O4/c1-20(2,3)26-19(23)21-18(16-12-8-5-9-13-16)17(22(24)25)14-15-10-6-4-7-11-15/h4-13,17-18H,14H2,1-3H3,(H,21,23). The van der Waals surface area contributed by atoms with E-state index in [0.717, 1.165) is 5.56 Å². The molecule has 0 aliphatic rings. The van der Waals surface area contributed by atoms with Gasteiger partial charge in [0, 0.05) is 11.3 Å². The van der Waals surface area contributed by atoms with E-state index < -0.39 is 23.8 Å². The summed E-state index contributed by atoms with van der Waals surface area (Å²) in [6, 6.07) is 16.3. The van der Waals surface area contributed by atoms with Crippen LogP contribution in [0, 0.1) is 10.1 Å². The summed E-state index contributed by atoms with van der Waals surface area (Å²) in [5.74, 6) is 0. The van der Waals surface area contributed by atoms with Gasteiger partial charge in [0.2, 0.25) is 6.04 Å². The Morgan fingerprint density at radius 3 is 2.12 bits per heavy atom. The van der Waals surface area contributed by atoms with Gasteiger partial charge in [0.25, 0.3) is 0 Å². The second kappa shape index (κ2) is 8.47. The van der Waals surface area contributed by atoms with E-state index in [-0.39, 0.29) is 11.3 Å². The molecule has 0 saturated heterocycles. The third kappa shape index (κ3) is 5.88. The minimum Gasteiger partial charge on any atom is -0.444 e. The molecule has 0 spiro atoms. The maximum atomic E-state index is 12.3. The molecule has 2 aromatic rings. The Kier molecular flexibility index (Phi) is 6.33. The molecule has 6 nitrogen and oxygen atoms in total. The van der Waals surface area contributed by atoms with Crippen LogP contribution in [0.4, 0.5) is 4.79 Å². The fourth-order valence-electron chi connectivity index (χ4n) is 2.67. The van der Waals surface area contributed by atoms with Crippen LogP contribution in [-0.2, 0) is 11.2 Å². The van der Waals surface area contributed by atoms with Crippen molar-refractivity contribution in [1.29, 1.82) is 0 Å². The topological polar surface area (TPSA) is 81.5 Å². The van der Waals surface area contributed by atoms with Gasteiger partial charge in [-0.3, -0.25) is 10.1 Å². The molecule has 2 rings (SSSR count). The summed E-state index contributed by atoms with van der Waals surface area (Å²) in [5.41, 5.74) is 0.812. The molecule has 0 radical (unpaired) electrons. The Morgan fingerprint density at radius 2 is 1.62 bits per heavy atom. The number of amides is 1. The molecule has 6 heteroatoms. The third-order valence-corrected chi connectivity index (χ3v) is 3.77. The highest BCUT2D eigenvalue weighted by Crippen LogP contribution is 2.23. The monoisotopic (exact) mass is 356 g/mol. The zero-order chi connectivity index (χ0) is 19.2. The summed E-state index contributed by atoms with van der Waals surface area (Å²) in [4.78, 5) is 23.7. The van der Waals surface area contributed by atoms with Gasteiger partial charge in [-0.15, -0.1) is 0 Å². The van der Waals surface area contributed by atoms with Crippen LogP contribution in [0.1, 0.15) is 37.9 Å². The summed E-state index contributed by atoms with van der Waals surface area (Å²) in [5, 5.41) is 14.5. The molecular formula is C20H24N2O4. The first-order valence-corrected chi connectivity index (χ1v) is 8.48. The molecule has 0 aliphatic carbocycles. The highest BCUT2D eigenvalue weighted by atomic mass is 16.6. The van der Waals surface area contributed by atoms with Crippen LogP contribution in [0.3, 0.4) is 0 Å². The molecule has 0 aromatic heterocycles. The molecule has 26 heavy (non-hydrogen) atoms. The highest BCUT2D eigenvalue weighted by molar-refractivity contribution is 5.68. The van der Waals surface area contributed by atoms with E-state index in [9.17, 15) is 14.9 Å². The van der Waals surface area contributed by atoms with Gasteiger partial charge in [-0.1, -0.05) is 60.7 Å². The summed E-state index contributed by atoms with van der Waals surface area (Å²) < 4.78 is 5.30. The predicted octanol–water partition coefficient (Wildman–Crippen LogP) is 4.14. The quantitative estimate of drug-likeness (QED) is 0.623. The van der Waals surface area contributed by atoms with Crippen LogP contribution >= 0.6 is 0 Å². The number of rotatable bonds is 6. The van der Waals surface area contributed by atoms with Crippen LogP contribution in [0.25, 0.3) is 0 Å². The van der Waals surface area contributed by atoms with E-state index in [1.807, 2.05) is 36.4 Å². The van der Waals surface area contributed by atoms with Gasteiger partial charge in [-0.25, -0.2) is 4.79 Å². The molecular weight excluding hydrogens is 332 g/mol. The first-order chi connectivity index (χ1) is 12.3. The number of benzene rings is 2. The molecule has 2 unspecified atom stereocenters. The van der Waals surface area contributed by atoms with E-state index in [1.54, 1.807) is 45.0 Å². The van der Waals surface area contributed by atoms with Crippen LogP contribution in [-0.4, -0.2) is 22.7 Å². The minimum absolute atomic E-state index is 0.198. The molecule has 0 aliphatic heterocycles. The van der Waals surface area contributed by atoms with Gasteiger partial charge in [-0.2, -0.15) is 0 Å². The summed E-state index contributed by atoms with van der Waals surface area (Å²) in [6.07, 6.45) is -0.477. The first-order valence-electron chi connectivity index (χ1n) is 8.48. The van der Waals surface area contributed by atoms with E-state index in [4.69, 9.17) is 4.74 Å². The zero-order valence-electron chi connectivity index (χ0n) is 15.2. The fraction of sp³-hybridized carbons (Fsp3) is 0.350. The van der Waals surface area contributed by atoms with Crippen molar-refractivity contribution in [2.45, 2.75) is 44.9 Å². The number of alkyl carbamates (subject to hydrolysis) is 1. The Morgan fingerprint density at radius 1 is 1.08 bits per heavy atom.